The molecular weight excluding hydrogens is 525 g/mol. The van der Waals surface area contributed by atoms with Crippen LogP contribution in [-0.2, 0) is 4.74 Å². The average molecular weight is 554 g/mol. The van der Waals surface area contributed by atoms with Crippen molar-refractivity contribution in [1.82, 2.24) is 24.7 Å². The van der Waals surface area contributed by atoms with Gasteiger partial charge < -0.3 is 14.5 Å². The van der Waals surface area contributed by atoms with E-state index >= 15 is 4.39 Å². The van der Waals surface area contributed by atoms with Gasteiger partial charge in [0, 0.05) is 42.5 Å². The van der Waals surface area contributed by atoms with Crippen LogP contribution in [0.5, 0.6) is 0 Å². The summed E-state index contributed by atoms with van der Waals surface area (Å²) in [5, 5.41) is 5.77. The van der Waals surface area contributed by atoms with Crippen molar-refractivity contribution in [3.63, 3.8) is 0 Å². The van der Waals surface area contributed by atoms with Crippen molar-refractivity contribution >= 4 is 44.4 Å². The standard InChI is InChI=1S/C27H29ClFN7OS/c1-15-11-35(14-22(37-15)17-10-30-36(13-17)19-6-7-19)26-31-23(20-8-5-18(28)9-21(20)29)24-25(32-26)33-27(38-24)34(2)12-16-3-4-16/h5,8-10,13,15-16,19,22H,3-4,6-7,11-12,14H2,1-2H3/t15-,22-/m0/s1. The first-order valence-corrected chi connectivity index (χ1v) is 14.4. The molecule has 0 radical (unpaired) electrons. The minimum Gasteiger partial charge on any atom is -0.367 e. The van der Waals surface area contributed by atoms with Crippen molar-refractivity contribution in [3.8, 4) is 11.3 Å². The van der Waals surface area contributed by atoms with Crippen LogP contribution in [0, 0.1) is 11.7 Å². The molecule has 198 valence electrons. The lowest BCUT2D eigenvalue weighted by atomic mass is 10.1. The van der Waals surface area contributed by atoms with Crippen molar-refractivity contribution in [1.29, 1.82) is 0 Å². The lowest BCUT2D eigenvalue weighted by Crippen LogP contribution is -2.43. The normalized spacial score (nSPS) is 21.8. The molecule has 3 fully saturated rings. The van der Waals surface area contributed by atoms with Crippen LogP contribution >= 0.6 is 22.9 Å². The van der Waals surface area contributed by atoms with Gasteiger partial charge in [-0.05, 0) is 56.7 Å². The van der Waals surface area contributed by atoms with E-state index in [0.29, 0.717) is 47.0 Å². The summed E-state index contributed by atoms with van der Waals surface area (Å²) in [6, 6.07) is 5.23. The Morgan fingerprint density at radius 2 is 2.00 bits per heavy atom. The zero-order valence-corrected chi connectivity index (χ0v) is 22.9. The molecule has 1 aromatic carbocycles. The van der Waals surface area contributed by atoms with E-state index in [1.54, 1.807) is 12.1 Å². The number of morpholine rings is 1. The van der Waals surface area contributed by atoms with Crippen LogP contribution in [0.1, 0.15) is 50.3 Å². The molecule has 0 amide bonds. The van der Waals surface area contributed by atoms with E-state index in [1.807, 2.05) is 10.9 Å². The Morgan fingerprint density at radius 3 is 2.76 bits per heavy atom. The molecule has 3 aliphatic rings. The van der Waals surface area contributed by atoms with Gasteiger partial charge in [-0.15, -0.1) is 0 Å². The third kappa shape index (κ3) is 4.74. The van der Waals surface area contributed by atoms with Crippen LogP contribution in [0.3, 0.4) is 0 Å². The highest BCUT2D eigenvalue weighted by atomic mass is 35.5. The number of ether oxygens (including phenoxy) is 1. The largest absolute Gasteiger partial charge is 0.367 e. The minimum absolute atomic E-state index is 0.0382. The summed E-state index contributed by atoms with van der Waals surface area (Å²) in [6.07, 6.45) is 8.68. The molecular formula is C27H29ClFN7OS. The maximum absolute atomic E-state index is 15.2. The summed E-state index contributed by atoms with van der Waals surface area (Å²) in [6.45, 7) is 4.21. The molecule has 1 aliphatic heterocycles. The SMILES string of the molecule is C[C@H]1CN(c2nc(-c3ccc(Cl)cc3F)c3sc(N(C)CC4CC4)nc3n2)C[C@@H](c2cnn(C3CC3)c2)O1. The summed E-state index contributed by atoms with van der Waals surface area (Å²) in [5.74, 6) is 0.835. The molecule has 8 nitrogen and oxygen atoms in total. The highest BCUT2D eigenvalue weighted by Crippen LogP contribution is 2.40. The van der Waals surface area contributed by atoms with E-state index in [0.717, 1.165) is 27.9 Å². The third-order valence-corrected chi connectivity index (χ3v) is 8.83. The number of anilines is 2. The molecule has 0 N–H and O–H groups in total. The highest BCUT2D eigenvalue weighted by Gasteiger charge is 2.32. The monoisotopic (exact) mass is 553 g/mol. The Morgan fingerprint density at radius 1 is 1.16 bits per heavy atom. The number of rotatable bonds is 7. The van der Waals surface area contributed by atoms with E-state index in [4.69, 9.17) is 31.3 Å². The number of nitrogens with zero attached hydrogens (tertiary/aromatic N) is 7. The summed E-state index contributed by atoms with van der Waals surface area (Å²) < 4.78 is 24.3. The quantitative estimate of drug-likeness (QED) is 0.282. The topological polar surface area (TPSA) is 72.2 Å². The molecule has 0 spiro atoms. The van der Waals surface area contributed by atoms with Gasteiger partial charge in [0.2, 0.25) is 5.95 Å². The predicted octanol–water partition coefficient (Wildman–Crippen LogP) is 5.89. The molecule has 0 bridgehead atoms. The molecule has 4 heterocycles. The second kappa shape index (κ2) is 9.43. The predicted molar refractivity (Wildman–Crippen MR) is 148 cm³/mol. The van der Waals surface area contributed by atoms with Crippen molar-refractivity contribution in [2.75, 3.05) is 36.5 Å². The summed E-state index contributed by atoms with van der Waals surface area (Å²) in [7, 11) is 2.06. The Kier molecular flexibility index (Phi) is 6.01. The van der Waals surface area contributed by atoms with Gasteiger partial charge in [0.25, 0.3) is 0 Å². The smallest absolute Gasteiger partial charge is 0.228 e. The number of aromatic nitrogens is 5. The van der Waals surface area contributed by atoms with Crippen molar-refractivity contribution in [2.45, 2.75) is 50.9 Å². The molecule has 2 atom stereocenters. The number of thiazole rings is 1. The molecule has 0 unspecified atom stereocenters. The third-order valence-electron chi connectivity index (χ3n) is 7.43. The minimum atomic E-state index is -0.412. The number of hydrogen-bond acceptors (Lipinski definition) is 8. The van der Waals surface area contributed by atoms with Gasteiger partial charge in [-0.25, -0.2) is 9.37 Å². The molecule has 2 aliphatic carbocycles. The zero-order valence-electron chi connectivity index (χ0n) is 21.3. The fourth-order valence-corrected chi connectivity index (χ4v) is 6.23. The molecule has 2 saturated carbocycles. The van der Waals surface area contributed by atoms with Gasteiger partial charge in [-0.3, -0.25) is 4.68 Å². The Bertz CT molecular complexity index is 1500. The summed E-state index contributed by atoms with van der Waals surface area (Å²) >= 11 is 7.58. The van der Waals surface area contributed by atoms with E-state index in [9.17, 15) is 0 Å². The fourth-order valence-electron chi connectivity index (χ4n) is 5.09. The van der Waals surface area contributed by atoms with Gasteiger partial charge in [0.15, 0.2) is 10.8 Å². The molecule has 1 saturated heterocycles. The first-order chi connectivity index (χ1) is 18.4. The van der Waals surface area contributed by atoms with Crippen LogP contribution in [-0.4, -0.2) is 57.5 Å². The second-order valence-corrected chi connectivity index (χ2v) is 12.2. The van der Waals surface area contributed by atoms with E-state index < -0.39 is 5.82 Å². The first-order valence-electron chi connectivity index (χ1n) is 13.2. The van der Waals surface area contributed by atoms with Crippen molar-refractivity contribution in [3.05, 3.63) is 47.0 Å². The van der Waals surface area contributed by atoms with Gasteiger partial charge in [-0.1, -0.05) is 22.9 Å². The fraction of sp³-hybridized carbons (Fsp3) is 0.481. The summed E-state index contributed by atoms with van der Waals surface area (Å²) in [4.78, 5) is 19.0. The van der Waals surface area contributed by atoms with E-state index in [2.05, 4.69) is 35.1 Å². The van der Waals surface area contributed by atoms with Crippen molar-refractivity contribution in [2.24, 2.45) is 5.92 Å². The maximum Gasteiger partial charge on any atom is 0.228 e. The second-order valence-electron chi connectivity index (χ2n) is 10.8. The van der Waals surface area contributed by atoms with Gasteiger partial charge >= 0.3 is 0 Å². The van der Waals surface area contributed by atoms with Gasteiger partial charge in [0.1, 0.15) is 16.6 Å². The van der Waals surface area contributed by atoms with Gasteiger partial charge in [-0.2, -0.15) is 15.1 Å². The Hall–Kier alpha value is -2.82. The average Bonchev–Trinajstić information content (AvgIpc) is 3.81. The highest BCUT2D eigenvalue weighted by molar-refractivity contribution is 7.22. The molecule has 4 aromatic rings. The Balaban J connectivity index is 1.28. The number of fused-ring (bicyclic) bond motifs is 1. The first kappa shape index (κ1) is 24.2. The lowest BCUT2D eigenvalue weighted by Gasteiger charge is -2.36. The molecule has 3 aromatic heterocycles. The summed E-state index contributed by atoms with van der Waals surface area (Å²) in [5.41, 5.74) is 2.57. The number of hydrogen-bond donors (Lipinski definition) is 0. The lowest BCUT2D eigenvalue weighted by molar-refractivity contribution is -0.0178. The number of benzene rings is 1. The van der Waals surface area contributed by atoms with E-state index in [1.165, 1.54) is 43.1 Å². The van der Waals surface area contributed by atoms with Crippen LogP contribution in [0.15, 0.2) is 30.6 Å². The number of halogens is 2. The van der Waals surface area contributed by atoms with E-state index in [-0.39, 0.29) is 12.2 Å². The van der Waals surface area contributed by atoms with Crippen LogP contribution in [0.25, 0.3) is 21.6 Å². The van der Waals surface area contributed by atoms with Crippen LogP contribution in [0.4, 0.5) is 15.5 Å². The molecule has 38 heavy (non-hydrogen) atoms. The molecule has 7 rings (SSSR count). The Labute approximate surface area is 229 Å². The van der Waals surface area contributed by atoms with Crippen LogP contribution < -0.4 is 9.80 Å². The van der Waals surface area contributed by atoms with Gasteiger partial charge in [0.05, 0.1) is 30.6 Å². The zero-order chi connectivity index (χ0) is 26.0. The van der Waals surface area contributed by atoms with Crippen molar-refractivity contribution < 1.29 is 9.13 Å². The maximum atomic E-state index is 15.2. The molecule has 11 heteroatoms. The van der Waals surface area contributed by atoms with Crippen LogP contribution in [0.2, 0.25) is 5.02 Å².